The molecule has 2 atom stereocenters. The molecule has 1 aliphatic rings. The van der Waals surface area contributed by atoms with Crippen molar-refractivity contribution in [1.29, 1.82) is 0 Å². The van der Waals surface area contributed by atoms with Crippen LogP contribution in [-0.2, 0) is 11.2 Å². The summed E-state index contributed by atoms with van der Waals surface area (Å²) in [5, 5.41) is 6.38. The topological polar surface area (TPSA) is 48.9 Å². The average molecular weight is 496 g/mol. The minimum absolute atomic E-state index is 0. The smallest absolute Gasteiger partial charge is 0.191 e. The quantitative estimate of drug-likeness (QED) is 0.347. The Bertz CT molecular complexity index is 603. The molecule has 2 rings (SSSR count). The maximum absolute atomic E-state index is 13.7. The number of rotatable bonds is 7. The summed E-state index contributed by atoms with van der Waals surface area (Å²) in [6, 6.07) is 4.23. The van der Waals surface area contributed by atoms with Crippen LogP contribution in [0.2, 0.25) is 0 Å². The van der Waals surface area contributed by atoms with Gasteiger partial charge < -0.3 is 15.4 Å². The van der Waals surface area contributed by atoms with E-state index in [0.29, 0.717) is 43.1 Å². The number of nitrogens with one attached hydrogen (secondary N) is 2. The summed E-state index contributed by atoms with van der Waals surface area (Å²) in [5.41, 5.74) is 0.365. The maximum Gasteiger partial charge on any atom is 0.191 e. The van der Waals surface area contributed by atoms with E-state index in [2.05, 4.69) is 34.4 Å². The largest absolute Gasteiger partial charge is 0.379 e. The van der Waals surface area contributed by atoms with Crippen molar-refractivity contribution >= 4 is 29.9 Å². The lowest BCUT2D eigenvalue weighted by atomic mass is 10.1. The molecular weight excluding hydrogens is 465 g/mol. The van der Waals surface area contributed by atoms with Crippen molar-refractivity contribution in [2.24, 2.45) is 4.99 Å². The highest BCUT2D eigenvalue weighted by atomic mass is 127. The molecule has 2 unspecified atom stereocenters. The van der Waals surface area contributed by atoms with Crippen LogP contribution < -0.4 is 10.6 Å². The molecule has 0 amide bonds. The van der Waals surface area contributed by atoms with E-state index in [0.717, 1.165) is 38.4 Å². The van der Waals surface area contributed by atoms with Gasteiger partial charge in [-0.2, -0.15) is 0 Å². The fraction of sp³-hybridized carbons (Fsp3) is 0.632. The highest BCUT2D eigenvalue weighted by molar-refractivity contribution is 14.0. The second-order valence-corrected chi connectivity index (χ2v) is 6.64. The third kappa shape index (κ3) is 7.87. The van der Waals surface area contributed by atoms with Crippen LogP contribution in [-0.4, -0.2) is 62.3 Å². The molecule has 0 aromatic heterocycles. The Morgan fingerprint density at radius 1 is 1.37 bits per heavy atom. The van der Waals surface area contributed by atoms with Gasteiger partial charge in [-0.1, -0.05) is 0 Å². The molecule has 1 heterocycles. The number of halogens is 3. The zero-order chi connectivity index (χ0) is 18.9. The van der Waals surface area contributed by atoms with Gasteiger partial charge in [0.15, 0.2) is 5.96 Å². The van der Waals surface area contributed by atoms with Crippen LogP contribution in [0, 0.1) is 11.6 Å². The van der Waals surface area contributed by atoms with Crippen LogP contribution in [0.1, 0.15) is 26.3 Å². The lowest BCUT2D eigenvalue weighted by Crippen LogP contribution is -2.49. The highest BCUT2D eigenvalue weighted by Crippen LogP contribution is 2.11. The molecule has 0 spiro atoms. The molecule has 1 aliphatic heterocycles. The van der Waals surface area contributed by atoms with Crippen molar-refractivity contribution in [2.45, 2.75) is 39.3 Å². The summed E-state index contributed by atoms with van der Waals surface area (Å²) in [7, 11) is 0. The molecule has 1 fully saturated rings. The van der Waals surface area contributed by atoms with Crippen LogP contribution in [0.25, 0.3) is 0 Å². The molecule has 0 bridgehead atoms. The standard InChI is InChI=1S/C19H30F2N4O.HI/c1-4-22-19(23-8-7-16-11-17(20)5-6-18(16)21)24-12-14(2)25-9-10-26-13-15(25)3;/h5-6,11,14-15H,4,7-10,12-13H2,1-3H3,(H2,22,23,24);1H. The first kappa shape index (κ1) is 24.0. The van der Waals surface area contributed by atoms with Crippen molar-refractivity contribution < 1.29 is 13.5 Å². The molecule has 154 valence electrons. The van der Waals surface area contributed by atoms with Crippen molar-refractivity contribution in [3.05, 3.63) is 35.4 Å². The first-order chi connectivity index (χ1) is 12.5. The third-order valence-electron chi connectivity index (χ3n) is 4.54. The summed E-state index contributed by atoms with van der Waals surface area (Å²) < 4.78 is 32.4. The molecule has 0 radical (unpaired) electrons. The van der Waals surface area contributed by atoms with E-state index in [1.807, 2.05) is 6.92 Å². The van der Waals surface area contributed by atoms with Gasteiger partial charge in [0.25, 0.3) is 0 Å². The minimum Gasteiger partial charge on any atom is -0.379 e. The van der Waals surface area contributed by atoms with E-state index in [1.165, 1.54) is 6.07 Å². The molecule has 8 heteroatoms. The van der Waals surface area contributed by atoms with Gasteiger partial charge in [0, 0.05) is 31.7 Å². The van der Waals surface area contributed by atoms with Crippen molar-refractivity contribution in [3.63, 3.8) is 0 Å². The van der Waals surface area contributed by atoms with Crippen LogP contribution in [0.15, 0.2) is 23.2 Å². The Hall–Kier alpha value is -1.00. The number of guanidine groups is 1. The number of morpholine rings is 1. The fourth-order valence-corrected chi connectivity index (χ4v) is 3.12. The van der Waals surface area contributed by atoms with E-state index in [1.54, 1.807) is 0 Å². The van der Waals surface area contributed by atoms with Crippen LogP contribution in [0.3, 0.4) is 0 Å². The monoisotopic (exact) mass is 496 g/mol. The lowest BCUT2D eigenvalue weighted by molar-refractivity contribution is -0.0165. The van der Waals surface area contributed by atoms with E-state index >= 15 is 0 Å². The van der Waals surface area contributed by atoms with E-state index < -0.39 is 5.82 Å². The van der Waals surface area contributed by atoms with E-state index in [4.69, 9.17) is 4.74 Å². The van der Waals surface area contributed by atoms with E-state index in [-0.39, 0.29) is 29.8 Å². The number of ether oxygens (including phenoxy) is 1. The minimum atomic E-state index is -0.421. The zero-order valence-corrected chi connectivity index (χ0v) is 18.6. The molecular formula is C19H31F2IN4O. The van der Waals surface area contributed by atoms with Gasteiger partial charge in [0.2, 0.25) is 0 Å². The summed E-state index contributed by atoms with van der Waals surface area (Å²) >= 11 is 0. The maximum atomic E-state index is 13.7. The second-order valence-electron chi connectivity index (χ2n) is 6.64. The van der Waals surface area contributed by atoms with Gasteiger partial charge >= 0.3 is 0 Å². The first-order valence-electron chi connectivity index (χ1n) is 9.30. The second kappa shape index (κ2) is 12.5. The molecule has 5 nitrogen and oxygen atoms in total. The van der Waals surface area contributed by atoms with Crippen LogP contribution in [0.5, 0.6) is 0 Å². The SMILES string of the molecule is CCNC(=NCC(C)N1CCOCC1C)NCCc1cc(F)ccc1F.I. The number of nitrogens with zero attached hydrogens (tertiary/aromatic N) is 2. The average Bonchev–Trinajstić information content (AvgIpc) is 2.62. The number of hydrogen-bond donors (Lipinski definition) is 2. The molecule has 1 aromatic rings. The predicted molar refractivity (Wildman–Crippen MR) is 116 cm³/mol. The fourth-order valence-electron chi connectivity index (χ4n) is 3.12. The number of aliphatic imine (C=N–C) groups is 1. The third-order valence-corrected chi connectivity index (χ3v) is 4.54. The van der Waals surface area contributed by atoms with Crippen LogP contribution in [0.4, 0.5) is 8.78 Å². The number of benzene rings is 1. The van der Waals surface area contributed by atoms with Gasteiger partial charge in [-0.05, 0) is 51.0 Å². The van der Waals surface area contributed by atoms with Crippen molar-refractivity contribution in [1.82, 2.24) is 15.5 Å². The Morgan fingerprint density at radius 3 is 2.85 bits per heavy atom. The molecule has 27 heavy (non-hydrogen) atoms. The molecule has 2 N–H and O–H groups in total. The van der Waals surface area contributed by atoms with Gasteiger partial charge in [-0.3, -0.25) is 9.89 Å². The summed E-state index contributed by atoms with van der Waals surface area (Å²) in [5.74, 6) is -0.113. The van der Waals surface area contributed by atoms with Gasteiger partial charge in [-0.15, -0.1) is 24.0 Å². The molecule has 1 saturated heterocycles. The first-order valence-corrected chi connectivity index (χ1v) is 9.30. The van der Waals surface area contributed by atoms with Crippen molar-refractivity contribution in [3.8, 4) is 0 Å². The van der Waals surface area contributed by atoms with E-state index in [9.17, 15) is 8.78 Å². The Labute approximate surface area is 178 Å². The molecule has 0 saturated carbocycles. The van der Waals surface area contributed by atoms with Crippen LogP contribution >= 0.6 is 24.0 Å². The van der Waals surface area contributed by atoms with Crippen molar-refractivity contribution in [2.75, 3.05) is 39.4 Å². The predicted octanol–water partition coefficient (Wildman–Crippen LogP) is 2.79. The summed E-state index contributed by atoms with van der Waals surface area (Å²) in [4.78, 5) is 7.04. The normalized spacial score (nSPS) is 19.3. The summed E-state index contributed by atoms with van der Waals surface area (Å²) in [6.45, 7) is 10.6. The molecule has 0 aliphatic carbocycles. The highest BCUT2D eigenvalue weighted by Gasteiger charge is 2.23. The Kier molecular flexibility index (Phi) is 11.1. The zero-order valence-electron chi connectivity index (χ0n) is 16.3. The lowest BCUT2D eigenvalue weighted by Gasteiger charge is -2.37. The Morgan fingerprint density at radius 2 is 2.15 bits per heavy atom. The summed E-state index contributed by atoms with van der Waals surface area (Å²) in [6.07, 6.45) is 0.393. The number of hydrogen-bond acceptors (Lipinski definition) is 3. The van der Waals surface area contributed by atoms with Gasteiger partial charge in [0.1, 0.15) is 11.6 Å². The Balaban J connectivity index is 0.00000364. The van der Waals surface area contributed by atoms with Gasteiger partial charge in [-0.25, -0.2) is 8.78 Å². The van der Waals surface area contributed by atoms with Gasteiger partial charge in [0.05, 0.1) is 19.8 Å². The molecule has 1 aromatic carbocycles.